The van der Waals surface area contributed by atoms with Crippen LogP contribution in [-0.2, 0) is 6.54 Å². The van der Waals surface area contributed by atoms with Crippen LogP contribution in [0.5, 0.6) is 17.4 Å². The van der Waals surface area contributed by atoms with Crippen LogP contribution in [0.15, 0.2) is 65.1 Å². The number of methoxy groups -OCH3 is 1. The van der Waals surface area contributed by atoms with E-state index >= 15 is 0 Å². The van der Waals surface area contributed by atoms with E-state index in [0.29, 0.717) is 18.2 Å². The van der Waals surface area contributed by atoms with Crippen LogP contribution in [-0.4, -0.2) is 56.2 Å². The lowest BCUT2D eigenvalue weighted by molar-refractivity contribution is 0.373. The van der Waals surface area contributed by atoms with Crippen molar-refractivity contribution >= 4 is 46.3 Å². The van der Waals surface area contributed by atoms with Crippen molar-refractivity contribution in [2.75, 3.05) is 45.2 Å². The molecule has 170 valence electrons. The number of nitrogens with one attached hydrogen (secondary N) is 1. The van der Waals surface area contributed by atoms with Gasteiger partial charge in [-0.1, -0.05) is 12.1 Å². The third-order valence-electron chi connectivity index (χ3n) is 5.12. The van der Waals surface area contributed by atoms with Gasteiger partial charge in [0.1, 0.15) is 11.5 Å². The molecule has 1 N–H and O–H groups in total. The quantitative estimate of drug-likeness (QED) is 0.271. The molecular formula is C23H28IN5O2S. The maximum absolute atomic E-state index is 5.81. The normalized spacial score (nSPS) is 14.0. The number of aliphatic imine (C=N–C) groups is 1. The van der Waals surface area contributed by atoms with Gasteiger partial charge in [-0.05, 0) is 35.2 Å². The van der Waals surface area contributed by atoms with E-state index in [1.807, 2.05) is 49.6 Å². The summed E-state index contributed by atoms with van der Waals surface area (Å²) in [7, 11) is 3.47. The average molecular weight is 565 g/mol. The number of hydrogen-bond acceptors (Lipinski definition) is 6. The fourth-order valence-electron chi connectivity index (χ4n) is 3.46. The van der Waals surface area contributed by atoms with Gasteiger partial charge in [0.15, 0.2) is 5.96 Å². The molecule has 9 heteroatoms. The van der Waals surface area contributed by atoms with E-state index in [4.69, 9.17) is 9.47 Å². The zero-order valence-electron chi connectivity index (χ0n) is 18.2. The Hall–Kier alpha value is -2.53. The molecule has 1 aliphatic rings. The van der Waals surface area contributed by atoms with Crippen molar-refractivity contribution in [2.45, 2.75) is 6.54 Å². The summed E-state index contributed by atoms with van der Waals surface area (Å²) in [4.78, 5) is 13.6. The number of guanidine groups is 1. The van der Waals surface area contributed by atoms with Gasteiger partial charge in [0.05, 0.1) is 12.1 Å². The zero-order valence-corrected chi connectivity index (χ0v) is 21.4. The molecule has 1 fully saturated rings. The van der Waals surface area contributed by atoms with Crippen LogP contribution in [0, 0.1) is 0 Å². The summed E-state index contributed by atoms with van der Waals surface area (Å²) in [5.41, 5.74) is 1.07. The Bertz CT molecular complexity index is 990. The lowest BCUT2D eigenvalue weighted by atomic mass is 10.3. The second kappa shape index (κ2) is 11.9. The largest absolute Gasteiger partial charge is 0.497 e. The number of rotatable bonds is 6. The summed E-state index contributed by atoms with van der Waals surface area (Å²) in [6, 6.07) is 15.6. The number of pyridine rings is 1. The van der Waals surface area contributed by atoms with Crippen molar-refractivity contribution in [3.63, 3.8) is 0 Å². The van der Waals surface area contributed by atoms with Gasteiger partial charge >= 0.3 is 0 Å². The highest BCUT2D eigenvalue weighted by Gasteiger charge is 2.20. The van der Waals surface area contributed by atoms with Gasteiger partial charge in [-0.15, -0.1) is 35.3 Å². The number of hydrogen-bond donors (Lipinski definition) is 1. The van der Waals surface area contributed by atoms with Crippen LogP contribution in [0.3, 0.4) is 0 Å². The monoisotopic (exact) mass is 565 g/mol. The smallest absolute Gasteiger partial charge is 0.219 e. The SMILES string of the molecule is CN=C(NCc1ccc(Oc2cccc(OC)c2)nc1)N1CCN(c2cccs2)CC1.I. The van der Waals surface area contributed by atoms with Crippen LogP contribution in [0.25, 0.3) is 0 Å². The Morgan fingerprint density at radius 1 is 1.09 bits per heavy atom. The third-order valence-corrected chi connectivity index (χ3v) is 6.05. The molecule has 0 bridgehead atoms. The molecule has 0 atom stereocenters. The number of anilines is 1. The Balaban J connectivity index is 0.00000289. The van der Waals surface area contributed by atoms with Crippen LogP contribution >= 0.6 is 35.3 Å². The molecule has 32 heavy (non-hydrogen) atoms. The Kier molecular flexibility index (Phi) is 8.98. The van der Waals surface area contributed by atoms with E-state index in [-0.39, 0.29) is 24.0 Å². The number of thiophene rings is 1. The summed E-state index contributed by atoms with van der Waals surface area (Å²) >= 11 is 1.79. The van der Waals surface area contributed by atoms with Gasteiger partial charge in [-0.25, -0.2) is 4.98 Å². The standard InChI is InChI=1S/C23H27N5O2S.HI/c1-24-23(28-12-10-27(11-13-28)22-7-4-14-31-22)26-17-18-8-9-21(25-16-18)30-20-6-3-5-19(15-20)29-2;/h3-9,14-16H,10-13,17H2,1-2H3,(H,24,26);1H. The first-order valence-corrected chi connectivity index (χ1v) is 11.1. The lowest BCUT2D eigenvalue weighted by Crippen LogP contribution is -2.52. The molecule has 7 nitrogen and oxygen atoms in total. The molecule has 1 saturated heterocycles. The molecule has 4 rings (SSSR count). The molecule has 1 aromatic carbocycles. The van der Waals surface area contributed by atoms with Crippen molar-refractivity contribution in [1.29, 1.82) is 0 Å². The van der Waals surface area contributed by atoms with Gasteiger partial charge in [-0.2, -0.15) is 0 Å². The fourth-order valence-corrected chi connectivity index (χ4v) is 4.25. The molecule has 3 heterocycles. The number of ether oxygens (including phenoxy) is 2. The van der Waals surface area contributed by atoms with Gasteiger partial charge in [0, 0.05) is 58.1 Å². The van der Waals surface area contributed by atoms with Crippen molar-refractivity contribution in [1.82, 2.24) is 15.2 Å². The van der Waals surface area contributed by atoms with Crippen molar-refractivity contribution in [3.8, 4) is 17.4 Å². The highest BCUT2D eigenvalue weighted by atomic mass is 127. The van der Waals surface area contributed by atoms with Crippen LogP contribution in [0.2, 0.25) is 0 Å². The number of benzene rings is 1. The molecule has 0 radical (unpaired) electrons. The minimum Gasteiger partial charge on any atom is -0.497 e. The third kappa shape index (κ3) is 6.26. The maximum atomic E-state index is 5.81. The topological polar surface area (TPSA) is 62.2 Å². The summed E-state index contributed by atoms with van der Waals surface area (Å²) < 4.78 is 11.0. The van der Waals surface area contributed by atoms with Gasteiger partial charge < -0.3 is 24.6 Å². The number of aromatic nitrogens is 1. The minimum absolute atomic E-state index is 0. The van der Waals surface area contributed by atoms with Crippen LogP contribution < -0.4 is 19.7 Å². The van der Waals surface area contributed by atoms with Crippen molar-refractivity contribution in [3.05, 3.63) is 65.7 Å². The Morgan fingerprint density at radius 3 is 2.56 bits per heavy atom. The molecule has 1 aliphatic heterocycles. The molecule has 3 aromatic rings. The Labute approximate surface area is 210 Å². The fraction of sp³-hybridized carbons (Fsp3) is 0.304. The highest BCUT2D eigenvalue weighted by Crippen LogP contribution is 2.24. The number of piperazine rings is 1. The summed E-state index contributed by atoms with van der Waals surface area (Å²) in [5, 5.41) is 6.92. The molecule has 0 aliphatic carbocycles. The van der Waals surface area contributed by atoms with Crippen LogP contribution in [0.4, 0.5) is 5.00 Å². The maximum Gasteiger partial charge on any atom is 0.219 e. The van der Waals surface area contributed by atoms with Gasteiger partial charge in [0.2, 0.25) is 5.88 Å². The first-order chi connectivity index (χ1) is 15.2. The van der Waals surface area contributed by atoms with E-state index in [0.717, 1.165) is 43.5 Å². The summed E-state index contributed by atoms with van der Waals surface area (Å²) in [5.74, 6) is 2.91. The van der Waals surface area contributed by atoms with E-state index in [1.54, 1.807) is 18.4 Å². The molecule has 0 unspecified atom stereocenters. The minimum atomic E-state index is 0. The second-order valence-corrected chi connectivity index (χ2v) is 8.04. The predicted octanol–water partition coefficient (Wildman–Crippen LogP) is 4.46. The molecule has 0 spiro atoms. The molecule has 0 saturated carbocycles. The van der Waals surface area contributed by atoms with Crippen molar-refractivity contribution < 1.29 is 9.47 Å². The molecule has 2 aromatic heterocycles. The zero-order chi connectivity index (χ0) is 21.5. The van der Waals surface area contributed by atoms with E-state index in [1.165, 1.54) is 5.00 Å². The highest BCUT2D eigenvalue weighted by molar-refractivity contribution is 14.0. The number of halogens is 1. The predicted molar refractivity (Wildman–Crippen MR) is 141 cm³/mol. The number of nitrogens with zero attached hydrogens (tertiary/aromatic N) is 4. The van der Waals surface area contributed by atoms with E-state index in [9.17, 15) is 0 Å². The molecular weight excluding hydrogens is 537 g/mol. The summed E-state index contributed by atoms with van der Waals surface area (Å²) in [6.07, 6.45) is 1.82. The first-order valence-electron chi connectivity index (χ1n) is 10.3. The van der Waals surface area contributed by atoms with Crippen LogP contribution in [0.1, 0.15) is 5.56 Å². The van der Waals surface area contributed by atoms with E-state index in [2.05, 4.69) is 42.6 Å². The summed E-state index contributed by atoms with van der Waals surface area (Å²) in [6.45, 7) is 4.55. The second-order valence-electron chi connectivity index (χ2n) is 7.11. The Morgan fingerprint density at radius 2 is 1.91 bits per heavy atom. The van der Waals surface area contributed by atoms with Crippen molar-refractivity contribution in [2.24, 2.45) is 4.99 Å². The lowest BCUT2D eigenvalue weighted by Gasteiger charge is -2.37. The van der Waals surface area contributed by atoms with Gasteiger partial charge in [-0.3, -0.25) is 4.99 Å². The average Bonchev–Trinajstić information content (AvgIpc) is 3.36. The first kappa shape index (κ1) is 24.1. The van der Waals surface area contributed by atoms with E-state index < -0.39 is 0 Å². The molecule has 0 amide bonds. The van der Waals surface area contributed by atoms with Gasteiger partial charge in [0.25, 0.3) is 0 Å².